The fourth-order valence-corrected chi connectivity index (χ4v) is 2.90. The number of nitrogens with one attached hydrogen (secondary N) is 1. The molecule has 1 aliphatic rings. The molecule has 2 aromatic rings. The summed E-state index contributed by atoms with van der Waals surface area (Å²) in [5.74, 6) is 0.265. The summed E-state index contributed by atoms with van der Waals surface area (Å²) in [6.45, 7) is 5.04. The van der Waals surface area contributed by atoms with Gasteiger partial charge < -0.3 is 14.4 Å². The lowest BCUT2D eigenvalue weighted by Gasteiger charge is -2.26. The Morgan fingerprint density at radius 2 is 1.96 bits per heavy atom. The first-order chi connectivity index (χ1) is 12.2. The fraction of sp³-hybridized carbons (Fsp3) is 0.444. The Labute approximate surface area is 147 Å². The molecular weight excluding hydrogens is 320 g/mol. The number of hydrogen-bond donors (Lipinski definition) is 1. The topological polar surface area (TPSA) is 70.7 Å². The molecule has 1 amide bonds. The fourth-order valence-electron chi connectivity index (χ4n) is 2.90. The molecule has 3 rings (SSSR count). The number of amides is 1. The second kappa shape index (κ2) is 8.13. The molecule has 0 aliphatic carbocycles. The SMILES string of the molecule is COc1[nH]ncc1C(=O)N(C)Cc1ccc(CN2CCOCC2)cc1. The molecule has 1 saturated heterocycles. The lowest BCUT2D eigenvalue weighted by Crippen LogP contribution is -2.35. The van der Waals surface area contributed by atoms with E-state index in [0.29, 0.717) is 18.0 Å². The number of methoxy groups -OCH3 is 1. The van der Waals surface area contributed by atoms with Gasteiger partial charge in [0, 0.05) is 33.2 Å². The minimum Gasteiger partial charge on any atom is -0.481 e. The van der Waals surface area contributed by atoms with E-state index in [1.165, 1.54) is 18.9 Å². The summed E-state index contributed by atoms with van der Waals surface area (Å²) in [5.41, 5.74) is 2.80. The standard InChI is InChI=1S/C18H24N4O3/c1-21(18(23)16-11-19-20-17(16)24-2)12-14-3-5-15(6-4-14)13-22-7-9-25-10-8-22/h3-6,11H,7-10,12-13H2,1-2H3,(H,19,20). The van der Waals surface area contributed by atoms with Crippen LogP contribution in [0.2, 0.25) is 0 Å². The van der Waals surface area contributed by atoms with Crippen LogP contribution in [0.5, 0.6) is 5.88 Å². The molecule has 2 heterocycles. The largest absolute Gasteiger partial charge is 0.481 e. The molecule has 0 atom stereocenters. The smallest absolute Gasteiger partial charge is 0.261 e. The summed E-state index contributed by atoms with van der Waals surface area (Å²) < 4.78 is 10.5. The Balaban J connectivity index is 1.58. The van der Waals surface area contributed by atoms with Crippen molar-refractivity contribution in [1.82, 2.24) is 20.0 Å². The molecule has 0 spiro atoms. The molecule has 1 aromatic heterocycles. The van der Waals surface area contributed by atoms with E-state index in [4.69, 9.17) is 9.47 Å². The summed E-state index contributed by atoms with van der Waals surface area (Å²) in [6.07, 6.45) is 1.49. The number of aromatic amines is 1. The molecule has 0 bridgehead atoms. The number of aromatic nitrogens is 2. The molecule has 1 aromatic carbocycles. The Morgan fingerprint density at radius 3 is 2.64 bits per heavy atom. The molecule has 134 valence electrons. The van der Waals surface area contributed by atoms with E-state index in [1.807, 2.05) is 0 Å². The number of rotatable bonds is 6. The van der Waals surface area contributed by atoms with Gasteiger partial charge in [-0.05, 0) is 11.1 Å². The highest BCUT2D eigenvalue weighted by molar-refractivity contribution is 5.96. The third-order valence-corrected chi connectivity index (χ3v) is 4.34. The maximum Gasteiger partial charge on any atom is 0.261 e. The number of ether oxygens (including phenoxy) is 2. The van der Waals surface area contributed by atoms with Gasteiger partial charge in [-0.15, -0.1) is 0 Å². The molecule has 1 fully saturated rings. The first kappa shape index (κ1) is 17.4. The highest BCUT2D eigenvalue weighted by Gasteiger charge is 2.18. The number of carbonyl (C=O) groups excluding carboxylic acids is 1. The van der Waals surface area contributed by atoms with E-state index in [2.05, 4.69) is 39.4 Å². The van der Waals surface area contributed by atoms with E-state index in [-0.39, 0.29) is 5.91 Å². The van der Waals surface area contributed by atoms with Crippen LogP contribution in [0.4, 0.5) is 0 Å². The van der Waals surface area contributed by atoms with Crippen LogP contribution >= 0.6 is 0 Å². The molecule has 7 heteroatoms. The number of H-pyrrole nitrogens is 1. The number of morpholine rings is 1. The van der Waals surface area contributed by atoms with Crippen molar-refractivity contribution in [3.05, 3.63) is 47.2 Å². The zero-order valence-electron chi connectivity index (χ0n) is 14.7. The van der Waals surface area contributed by atoms with Gasteiger partial charge in [0.25, 0.3) is 5.91 Å². The number of benzene rings is 1. The quantitative estimate of drug-likeness (QED) is 0.860. The maximum atomic E-state index is 12.5. The Morgan fingerprint density at radius 1 is 1.28 bits per heavy atom. The van der Waals surface area contributed by atoms with Crippen molar-refractivity contribution >= 4 is 5.91 Å². The Bertz CT molecular complexity index is 693. The third-order valence-electron chi connectivity index (χ3n) is 4.34. The van der Waals surface area contributed by atoms with Gasteiger partial charge in [0.15, 0.2) is 0 Å². The van der Waals surface area contributed by atoms with E-state index >= 15 is 0 Å². The van der Waals surface area contributed by atoms with Crippen LogP contribution in [-0.4, -0.2) is 66.4 Å². The van der Waals surface area contributed by atoms with Crippen molar-refractivity contribution in [2.45, 2.75) is 13.1 Å². The summed E-state index contributed by atoms with van der Waals surface area (Å²) in [4.78, 5) is 16.5. The lowest BCUT2D eigenvalue weighted by molar-refractivity contribution is 0.0342. The molecule has 0 saturated carbocycles. The predicted octanol–water partition coefficient (Wildman–Crippen LogP) is 1.52. The zero-order chi connectivity index (χ0) is 17.6. The van der Waals surface area contributed by atoms with Crippen molar-refractivity contribution < 1.29 is 14.3 Å². The van der Waals surface area contributed by atoms with Crippen LogP contribution in [0.15, 0.2) is 30.5 Å². The molecule has 0 unspecified atom stereocenters. The minimum atomic E-state index is -0.122. The van der Waals surface area contributed by atoms with Crippen LogP contribution in [-0.2, 0) is 17.8 Å². The maximum absolute atomic E-state index is 12.5. The first-order valence-corrected chi connectivity index (χ1v) is 8.38. The molecule has 7 nitrogen and oxygen atoms in total. The molecular formula is C18H24N4O3. The first-order valence-electron chi connectivity index (χ1n) is 8.38. The highest BCUT2D eigenvalue weighted by Crippen LogP contribution is 2.17. The van der Waals surface area contributed by atoms with Gasteiger partial charge in [-0.2, -0.15) is 5.10 Å². The predicted molar refractivity (Wildman–Crippen MR) is 93.5 cm³/mol. The zero-order valence-corrected chi connectivity index (χ0v) is 14.7. The summed E-state index contributed by atoms with van der Waals surface area (Å²) in [5, 5.41) is 6.53. The van der Waals surface area contributed by atoms with Crippen LogP contribution in [0.1, 0.15) is 21.5 Å². The molecule has 1 N–H and O–H groups in total. The minimum absolute atomic E-state index is 0.122. The van der Waals surface area contributed by atoms with Gasteiger partial charge in [-0.25, -0.2) is 5.10 Å². The van der Waals surface area contributed by atoms with E-state index in [1.54, 1.807) is 11.9 Å². The van der Waals surface area contributed by atoms with Gasteiger partial charge in [0.05, 0.1) is 26.5 Å². The van der Waals surface area contributed by atoms with Crippen molar-refractivity contribution in [2.75, 3.05) is 40.5 Å². The van der Waals surface area contributed by atoms with E-state index < -0.39 is 0 Å². The average Bonchev–Trinajstić information content (AvgIpc) is 3.12. The van der Waals surface area contributed by atoms with Crippen LogP contribution < -0.4 is 4.74 Å². The number of hydrogen-bond acceptors (Lipinski definition) is 5. The molecule has 1 aliphatic heterocycles. The van der Waals surface area contributed by atoms with Gasteiger partial charge in [-0.3, -0.25) is 9.69 Å². The number of nitrogens with zero attached hydrogens (tertiary/aromatic N) is 3. The van der Waals surface area contributed by atoms with Crippen LogP contribution in [0.3, 0.4) is 0 Å². The van der Waals surface area contributed by atoms with Gasteiger partial charge in [0.1, 0.15) is 5.56 Å². The second-order valence-corrected chi connectivity index (χ2v) is 6.18. The normalized spacial score (nSPS) is 15.1. The average molecular weight is 344 g/mol. The number of carbonyl (C=O) groups is 1. The third kappa shape index (κ3) is 4.37. The Kier molecular flexibility index (Phi) is 5.67. The monoisotopic (exact) mass is 344 g/mol. The molecule has 25 heavy (non-hydrogen) atoms. The van der Waals surface area contributed by atoms with E-state index in [9.17, 15) is 4.79 Å². The highest BCUT2D eigenvalue weighted by atomic mass is 16.5. The van der Waals surface area contributed by atoms with Crippen LogP contribution in [0, 0.1) is 0 Å². The lowest BCUT2D eigenvalue weighted by atomic mass is 10.1. The van der Waals surface area contributed by atoms with Crippen molar-refractivity contribution in [3.63, 3.8) is 0 Å². The van der Waals surface area contributed by atoms with Crippen LogP contribution in [0.25, 0.3) is 0 Å². The summed E-state index contributed by atoms with van der Waals surface area (Å²) in [6, 6.07) is 8.40. The van der Waals surface area contributed by atoms with E-state index in [0.717, 1.165) is 38.4 Å². The summed E-state index contributed by atoms with van der Waals surface area (Å²) in [7, 11) is 3.29. The van der Waals surface area contributed by atoms with Gasteiger partial charge >= 0.3 is 0 Å². The summed E-state index contributed by atoms with van der Waals surface area (Å²) >= 11 is 0. The van der Waals surface area contributed by atoms with Gasteiger partial charge in [-0.1, -0.05) is 24.3 Å². The van der Waals surface area contributed by atoms with Gasteiger partial charge in [0.2, 0.25) is 5.88 Å². The Hall–Kier alpha value is -2.38. The molecule has 0 radical (unpaired) electrons. The van der Waals surface area contributed by atoms with Crippen molar-refractivity contribution in [3.8, 4) is 5.88 Å². The van der Waals surface area contributed by atoms with Crippen molar-refractivity contribution in [2.24, 2.45) is 0 Å². The van der Waals surface area contributed by atoms with Crippen molar-refractivity contribution in [1.29, 1.82) is 0 Å². The second-order valence-electron chi connectivity index (χ2n) is 6.18.